The summed E-state index contributed by atoms with van der Waals surface area (Å²) in [6.07, 6.45) is 1.21. The van der Waals surface area contributed by atoms with E-state index in [4.69, 9.17) is 33.4 Å². The first kappa shape index (κ1) is 21.5. The predicted molar refractivity (Wildman–Crippen MR) is 115 cm³/mol. The number of rotatable bonds is 3. The van der Waals surface area contributed by atoms with E-state index < -0.39 is 11.6 Å². The highest BCUT2D eigenvalue weighted by Crippen LogP contribution is 2.37. The zero-order valence-electron chi connectivity index (χ0n) is 16.6. The van der Waals surface area contributed by atoms with E-state index in [2.05, 4.69) is 15.6 Å². The van der Waals surface area contributed by atoms with Crippen molar-refractivity contribution in [3.05, 3.63) is 22.2 Å². The maximum Gasteiger partial charge on any atom is 0.313 e. The Morgan fingerprint density at radius 2 is 1.97 bits per heavy atom. The third-order valence-electron chi connectivity index (χ3n) is 5.43. The fourth-order valence-electron chi connectivity index (χ4n) is 3.65. The molecule has 1 saturated carbocycles. The van der Waals surface area contributed by atoms with Gasteiger partial charge in [0.2, 0.25) is 11.8 Å². The van der Waals surface area contributed by atoms with Gasteiger partial charge in [0.05, 0.1) is 5.02 Å². The summed E-state index contributed by atoms with van der Waals surface area (Å²) in [5.74, 6) is -0.410. The zero-order chi connectivity index (χ0) is 22.2. The number of oxazole rings is 1. The molecule has 0 unspecified atom stereocenters. The minimum absolute atomic E-state index is 0.167. The van der Waals surface area contributed by atoms with Gasteiger partial charge in [-0.1, -0.05) is 23.2 Å². The Balaban J connectivity index is 1.56. The maximum absolute atomic E-state index is 13.1. The van der Waals surface area contributed by atoms with Gasteiger partial charge in [-0.05, 0) is 25.0 Å². The fraction of sp³-hybridized carbons (Fsp3) is 0.474. The number of aromatic nitrogens is 1. The number of amides is 4. The number of nitrogens with two attached hydrogens (primary N) is 1. The monoisotopic (exact) mass is 468 g/mol. The first-order valence-electron chi connectivity index (χ1n) is 9.92. The molecule has 1 aromatic carbocycles. The highest BCUT2D eigenvalue weighted by Gasteiger charge is 2.52. The Kier molecular flexibility index (Phi) is 5.85. The number of hydrogen-bond acceptors (Lipinski definition) is 6. The van der Waals surface area contributed by atoms with Crippen molar-refractivity contribution in [2.75, 3.05) is 37.6 Å². The number of urea groups is 1. The van der Waals surface area contributed by atoms with Crippen molar-refractivity contribution in [3.8, 4) is 0 Å². The Morgan fingerprint density at radius 3 is 2.68 bits per heavy atom. The second-order valence-electron chi connectivity index (χ2n) is 7.68. The van der Waals surface area contributed by atoms with Gasteiger partial charge >= 0.3 is 6.03 Å². The largest absolute Gasteiger partial charge is 0.422 e. The van der Waals surface area contributed by atoms with Crippen molar-refractivity contribution in [1.29, 1.82) is 0 Å². The molecule has 1 saturated heterocycles. The Hall–Kier alpha value is -2.72. The molecule has 166 valence electrons. The molecule has 2 fully saturated rings. The standard InChI is InChI=1S/C19H22Cl2N6O4/c20-11-9-12(21)15-13(10-11)24-18(31-15)27-6-4-23-14(28)1-5-26(7-8-27)16(29)19(2-3-19)25-17(22)30/h9-10H,1-8H2,(H,23,28)(H3,22,25,30). The van der Waals surface area contributed by atoms with Crippen molar-refractivity contribution in [3.63, 3.8) is 0 Å². The molecule has 0 atom stereocenters. The lowest BCUT2D eigenvalue weighted by Gasteiger charge is -2.31. The van der Waals surface area contributed by atoms with Crippen LogP contribution in [0, 0.1) is 0 Å². The zero-order valence-corrected chi connectivity index (χ0v) is 18.1. The van der Waals surface area contributed by atoms with Crippen LogP contribution in [0.4, 0.5) is 10.8 Å². The molecular formula is C19H22Cl2N6O4. The summed E-state index contributed by atoms with van der Waals surface area (Å²) in [5, 5.41) is 6.17. The number of nitrogens with one attached hydrogen (secondary N) is 2. The number of primary amides is 1. The molecule has 10 nitrogen and oxygen atoms in total. The molecule has 0 bridgehead atoms. The molecule has 2 aliphatic rings. The van der Waals surface area contributed by atoms with E-state index in [0.29, 0.717) is 66.2 Å². The number of benzene rings is 1. The van der Waals surface area contributed by atoms with Gasteiger partial charge in [0.1, 0.15) is 11.1 Å². The molecule has 2 aromatic rings. The van der Waals surface area contributed by atoms with Gasteiger partial charge in [-0.3, -0.25) is 9.59 Å². The lowest BCUT2D eigenvalue weighted by atomic mass is 10.2. The molecule has 2 heterocycles. The number of carbonyl (C=O) groups is 3. The quantitative estimate of drug-likeness (QED) is 0.624. The summed E-state index contributed by atoms with van der Waals surface area (Å²) in [6, 6.07) is 2.80. The number of nitrogens with zero attached hydrogens (tertiary/aromatic N) is 3. The number of halogens is 2. The number of fused-ring (bicyclic) bond motifs is 1. The van der Waals surface area contributed by atoms with E-state index in [0.717, 1.165) is 0 Å². The van der Waals surface area contributed by atoms with Crippen LogP contribution in [0.1, 0.15) is 19.3 Å². The lowest BCUT2D eigenvalue weighted by Crippen LogP contribution is -2.54. The minimum Gasteiger partial charge on any atom is -0.422 e. The Labute approximate surface area is 188 Å². The highest BCUT2D eigenvalue weighted by molar-refractivity contribution is 6.38. The average molecular weight is 469 g/mol. The third kappa shape index (κ3) is 4.64. The van der Waals surface area contributed by atoms with Crippen LogP contribution in [0.25, 0.3) is 11.1 Å². The molecule has 0 radical (unpaired) electrons. The SMILES string of the molecule is NC(=O)NC1(C(=O)N2CCC(=O)NCCN(c3nc4cc(Cl)cc(Cl)c4o3)CC2)CC1. The highest BCUT2D eigenvalue weighted by atomic mass is 35.5. The van der Waals surface area contributed by atoms with E-state index in [1.165, 1.54) is 0 Å². The molecule has 31 heavy (non-hydrogen) atoms. The van der Waals surface area contributed by atoms with E-state index in [-0.39, 0.29) is 24.8 Å². The van der Waals surface area contributed by atoms with Crippen LogP contribution in [-0.4, -0.2) is 66.0 Å². The second-order valence-corrected chi connectivity index (χ2v) is 8.53. The topological polar surface area (TPSA) is 134 Å². The molecule has 4 rings (SSSR count). The summed E-state index contributed by atoms with van der Waals surface area (Å²) < 4.78 is 5.85. The number of hydrogen-bond donors (Lipinski definition) is 3. The predicted octanol–water partition coefficient (Wildman–Crippen LogP) is 1.49. The van der Waals surface area contributed by atoms with Crippen LogP contribution in [0.15, 0.2) is 16.5 Å². The molecule has 12 heteroatoms. The van der Waals surface area contributed by atoms with E-state index >= 15 is 0 Å². The third-order valence-corrected chi connectivity index (χ3v) is 5.93. The van der Waals surface area contributed by atoms with Gasteiger partial charge in [-0.15, -0.1) is 0 Å². The molecular weight excluding hydrogens is 447 g/mol. The Bertz CT molecular complexity index is 1040. The van der Waals surface area contributed by atoms with Crippen LogP contribution in [-0.2, 0) is 9.59 Å². The summed E-state index contributed by atoms with van der Waals surface area (Å²) >= 11 is 12.3. The maximum atomic E-state index is 13.1. The molecule has 1 aromatic heterocycles. The van der Waals surface area contributed by atoms with Crippen molar-refractivity contribution in [1.82, 2.24) is 20.5 Å². The summed E-state index contributed by atoms with van der Waals surface area (Å²) in [6.45, 7) is 1.79. The van der Waals surface area contributed by atoms with Crippen molar-refractivity contribution >= 4 is 58.2 Å². The summed E-state index contributed by atoms with van der Waals surface area (Å²) in [4.78, 5) is 44.4. The van der Waals surface area contributed by atoms with Crippen molar-refractivity contribution < 1.29 is 18.8 Å². The number of carbonyl (C=O) groups excluding carboxylic acids is 3. The van der Waals surface area contributed by atoms with Gasteiger partial charge in [0.15, 0.2) is 5.58 Å². The Morgan fingerprint density at radius 1 is 1.19 bits per heavy atom. The van der Waals surface area contributed by atoms with Gasteiger partial charge in [-0.2, -0.15) is 4.98 Å². The van der Waals surface area contributed by atoms with Gasteiger partial charge in [0, 0.05) is 44.2 Å². The van der Waals surface area contributed by atoms with Crippen molar-refractivity contribution in [2.45, 2.75) is 24.8 Å². The second kappa shape index (κ2) is 8.43. The van der Waals surface area contributed by atoms with Gasteiger partial charge < -0.3 is 30.6 Å². The summed E-state index contributed by atoms with van der Waals surface area (Å²) in [5.41, 5.74) is 5.19. The molecule has 4 amide bonds. The van der Waals surface area contributed by atoms with Crippen LogP contribution < -0.4 is 21.3 Å². The first-order chi connectivity index (χ1) is 14.8. The lowest BCUT2D eigenvalue weighted by molar-refractivity contribution is -0.134. The molecule has 1 aliphatic heterocycles. The van der Waals surface area contributed by atoms with Crippen LogP contribution in [0.5, 0.6) is 0 Å². The van der Waals surface area contributed by atoms with Gasteiger partial charge in [0.25, 0.3) is 6.01 Å². The van der Waals surface area contributed by atoms with Crippen LogP contribution >= 0.6 is 23.2 Å². The normalized spacial score (nSPS) is 19.1. The molecule has 4 N–H and O–H groups in total. The van der Waals surface area contributed by atoms with E-state index in [1.807, 2.05) is 4.90 Å². The molecule has 1 aliphatic carbocycles. The number of anilines is 1. The molecule has 0 spiro atoms. The van der Waals surface area contributed by atoms with E-state index in [9.17, 15) is 14.4 Å². The minimum atomic E-state index is -0.973. The van der Waals surface area contributed by atoms with Crippen LogP contribution in [0.2, 0.25) is 10.0 Å². The van der Waals surface area contributed by atoms with E-state index in [1.54, 1.807) is 17.0 Å². The first-order valence-corrected chi connectivity index (χ1v) is 10.7. The van der Waals surface area contributed by atoms with Crippen molar-refractivity contribution in [2.24, 2.45) is 5.73 Å². The average Bonchev–Trinajstić information content (AvgIpc) is 3.34. The van der Waals surface area contributed by atoms with Crippen LogP contribution in [0.3, 0.4) is 0 Å². The fourth-order valence-corrected chi connectivity index (χ4v) is 4.17. The smallest absolute Gasteiger partial charge is 0.313 e. The van der Waals surface area contributed by atoms with Gasteiger partial charge in [-0.25, -0.2) is 4.79 Å². The summed E-state index contributed by atoms with van der Waals surface area (Å²) in [7, 11) is 0.